The molecule has 1 unspecified atom stereocenters. The molecule has 0 aromatic heterocycles. The lowest BCUT2D eigenvalue weighted by Crippen LogP contribution is -2.28. The quantitative estimate of drug-likeness (QED) is 0.520. The number of benzene rings is 1. The third-order valence-corrected chi connectivity index (χ3v) is 3.42. The highest BCUT2D eigenvalue weighted by Gasteiger charge is 2.17. The van der Waals surface area contributed by atoms with Crippen LogP contribution in [0.1, 0.15) is 23.2 Å². The largest absolute Gasteiger partial charge is 0.399 e. The van der Waals surface area contributed by atoms with E-state index in [0.717, 1.165) is 25.1 Å². The second kappa shape index (κ2) is 7.85. The molecule has 6 heteroatoms. The van der Waals surface area contributed by atoms with Crippen LogP contribution in [0.2, 0.25) is 0 Å². The van der Waals surface area contributed by atoms with Crippen LogP contribution in [-0.2, 0) is 9.47 Å². The molecule has 1 aromatic carbocycles. The fourth-order valence-electron chi connectivity index (χ4n) is 2.29. The number of nitrogens with two attached hydrogens (primary N) is 1. The average Bonchev–Trinajstić information content (AvgIpc) is 2.99. The number of rotatable bonds is 7. The highest BCUT2D eigenvalue weighted by molar-refractivity contribution is 6.00. The molecule has 1 heterocycles. The highest BCUT2D eigenvalue weighted by Crippen LogP contribution is 2.20. The van der Waals surface area contributed by atoms with E-state index in [1.165, 1.54) is 0 Å². The van der Waals surface area contributed by atoms with Crippen LogP contribution in [0.3, 0.4) is 0 Å². The van der Waals surface area contributed by atoms with Crippen molar-refractivity contribution in [2.75, 3.05) is 44.5 Å². The first-order chi connectivity index (χ1) is 10.2. The Labute approximate surface area is 125 Å². The van der Waals surface area contributed by atoms with Gasteiger partial charge >= 0.3 is 0 Å². The van der Waals surface area contributed by atoms with Crippen LogP contribution < -0.4 is 16.4 Å². The van der Waals surface area contributed by atoms with Gasteiger partial charge in [0.05, 0.1) is 18.3 Å². The molecular weight excluding hydrogens is 270 g/mol. The standard InChI is InChI=1S/C15H23N3O3/c1-20-8-6-17-15(19)13-9-11(16)4-5-14(13)18-10-12-3-2-7-21-12/h4-5,9,12,18H,2-3,6-8,10,16H2,1H3,(H,17,19). The maximum Gasteiger partial charge on any atom is 0.253 e. The van der Waals surface area contributed by atoms with Gasteiger partial charge in [0.15, 0.2) is 0 Å². The Kier molecular flexibility index (Phi) is 5.83. The minimum Gasteiger partial charge on any atom is -0.399 e. The Morgan fingerprint density at radius 1 is 1.52 bits per heavy atom. The Bertz CT molecular complexity index is 473. The van der Waals surface area contributed by atoms with Crippen molar-refractivity contribution in [1.82, 2.24) is 5.32 Å². The number of hydrogen-bond donors (Lipinski definition) is 3. The molecule has 4 N–H and O–H groups in total. The Morgan fingerprint density at radius 2 is 2.38 bits per heavy atom. The minimum atomic E-state index is -0.158. The van der Waals surface area contributed by atoms with Crippen molar-refractivity contribution in [3.63, 3.8) is 0 Å². The molecule has 0 spiro atoms. The summed E-state index contributed by atoms with van der Waals surface area (Å²) in [5, 5.41) is 6.09. The van der Waals surface area contributed by atoms with Crippen LogP contribution in [0.25, 0.3) is 0 Å². The van der Waals surface area contributed by atoms with E-state index in [0.29, 0.717) is 30.9 Å². The average molecular weight is 293 g/mol. The topological polar surface area (TPSA) is 85.6 Å². The van der Waals surface area contributed by atoms with E-state index in [9.17, 15) is 4.79 Å². The van der Waals surface area contributed by atoms with Crippen molar-refractivity contribution < 1.29 is 14.3 Å². The van der Waals surface area contributed by atoms with Crippen molar-refractivity contribution in [1.29, 1.82) is 0 Å². The molecule has 6 nitrogen and oxygen atoms in total. The normalized spacial score (nSPS) is 17.7. The molecule has 1 fully saturated rings. The monoisotopic (exact) mass is 293 g/mol. The summed E-state index contributed by atoms with van der Waals surface area (Å²) in [5.41, 5.74) is 7.66. The van der Waals surface area contributed by atoms with Crippen molar-refractivity contribution in [3.05, 3.63) is 23.8 Å². The second-order valence-electron chi connectivity index (χ2n) is 5.07. The lowest BCUT2D eigenvalue weighted by molar-refractivity contribution is 0.0937. The third kappa shape index (κ3) is 4.61. The first-order valence-corrected chi connectivity index (χ1v) is 7.23. The van der Waals surface area contributed by atoms with Crippen LogP contribution in [0.5, 0.6) is 0 Å². The highest BCUT2D eigenvalue weighted by atomic mass is 16.5. The van der Waals surface area contributed by atoms with Gasteiger partial charge in [-0.1, -0.05) is 0 Å². The van der Waals surface area contributed by atoms with E-state index in [4.69, 9.17) is 15.2 Å². The number of nitrogens with one attached hydrogen (secondary N) is 2. The zero-order valence-electron chi connectivity index (χ0n) is 12.4. The van der Waals surface area contributed by atoms with Gasteiger partial charge in [0.2, 0.25) is 0 Å². The Morgan fingerprint density at radius 3 is 3.10 bits per heavy atom. The molecule has 116 valence electrons. The number of nitrogen functional groups attached to an aromatic ring is 1. The predicted molar refractivity (Wildman–Crippen MR) is 82.5 cm³/mol. The van der Waals surface area contributed by atoms with Crippen molar-refractivity contribution in [3.8, 4) is 0 Å². The molecule has 2 rings (SSSR count). The van der Waals surface area contributed by atoms with E-state index < -0.39 is 0 Å². The summed E-state index contributed by atoms with van der Waals surface area (Å²) >= 11 is 0. The number of carbonyl (C=O) groups is 1. The van der Waals surface area contributed by atoms with Crippen molar-refractivity contribution >= 4 is 17.3 Å². The molecule has 1 saturated heterocycles. The molecule has 1 aromatic rings. The molecule has 0 bridgehead atoms. The zero-order chi connectivity index (χ0) is 15.1. The van der Waals surface area contributed by atoms with Gasteiger partial charge in [-0.05, 0) is 31.0 Å². The van der Waals surface area contributed by atoms with Gasteiger partial charge < -0.3 is 25.8 Å². The molecule has 0 radical (unpaired) electrons. The van der Waals surface area contributed by atoms with Gasteiger partial charge in [-0.25, -0.2) is 0 Å². The summed E-state index contributed by atoms with van der Waals surface area (Å²) in [5.74, 6) is -0.158. The molecule has 1 amide bonds. The Balaban J connectivity index is 1.99. The third-order valence-electron chi connectivity index (χ3n) is 3.42. The van der Waals surface area contributed by atoms with Crippen LogP contribution in [0.4, 0.5) is 11.4 Å². The summed E-state index contributed by atoms with van der Waals surface area (Å²) in [6.45, 7) is 2.46. The number of ether oxygens (including phenoxy) is 2. The summed E-state index contributed by atoms with van der Waals surface area (Å²) < 4.78 is 10.5. The fourth-order valence-corrected chi connectivity index (χ4v) is 2.29. The predicted octanol–water partition coefficient (Wildman–Crippen LogP) is 1.24. The van der Waals surface area contributed by atoms with Crippen molar-refractivity contribution in [2.24, 2.45) is 0 Å². The molecule has 21 heavy (non-hydrogen) atoms. The summed E-state index contributed by atoms with van der Waals surface area (Å²) in [4.78, 5) is 12.2. The first kappa shape index (κ1) is 15.6. The Hall–Kier alpha value is -1.79. The van der Waals surface area contributed by atoms with Crippen LogP contribution in [0, 0.1) is 0 Å². The van der Waals surface area contributed by atoms with Crippen LogP contribution >= 0.6 is 0 Å². The zero-order valence-corrected chi connectivity index (χ0v) is 12.4. The number of amides is 1. The summed E-state index contributed by atoms with van der Waals surface area (Å²) in [7, 11) is 1.60. The van der Waals surface area contributed by atoms with E-state index in [-0.39, 0.29) is 12.0 Å². The van der Waals surface area contributed by atoms with Gasteiger partial charge in [0.1, 0.15) is 0 Å². The van der Waals surface area contributed by atoms with Gasteiger partial charge in [0, 0.05) is 38.2 Å². The van der Waals surface area contributed by atoms with Gasteiger partial charge in [-0.2, -0.15) is 0 Å². The van der Waals surface area contributed by atoms with Gasteiger partial charge in [-0.15, -0.1) is 0 Å². The van der Waals surface area contributed by atoms with E-state index >= 15 is 0 Å². The van der Waals surface area contributed by atoms with Gasteiger partial charge in [-0.3, -0.25) is 4.79 Å². The lowest BCUT2D eigenvalue weighted by atomic mass is 10.1. The molecule has 0 aliphatic carbocycles. The second-order valence-corrected chi connectivity index (χ2v) is 5.07. The number of methoxy groups -OCH3 is 1. The molecule has 1 aliphatic heterocycles. The summed E-state index contributed by atoms with van der Waals surface area (Å²) in [6.07, 6.45) is 2.36. The smallest absolute Gasteiger partial charge is 0.253 e. The maximum absolute atomic E-state index is 12.2. The molecular formula is C15H23N3O3. The van der Waals surface area contributed by atoms with Crippen LogP contribution in [0.15, 0.2) is 18.2 Å². The number of hydrogen-bond acceptors (Lipinski definition) is 5. The fraction of sp³-hybridized carbons (Fsp3) is 0.533. The van der Waals surface area contributed by atoms with Crippen molar-refractivity contribution in [2.45, 2.75) is 18.9 Å². The summed E-state index contributed by atoms with van der Waals surface area (Å²) in [6, 6.07) is 5.29. The SMILES string of the molecule is COCCNC(=O)c1cc(N)ccc1NCC1CCCO1. The number of carbonyl (C=O) groups excluding carboxylic acids is 1. The molecule has 1 atom stereocenters. The lowest BCUT2D eigenvalue weighted by Gasteiger charge is -2.15. The van der Waals surface area contributed by atoms with E-state index in [2.05, 4.69) is 10.6 Å². The first-order valence-electron chi connectivity index (χ1n) is 7.23. The molecule has 1 aliphatic rings. The minimum absolute atomic E-state index is 0.158. The van der Waals surface area contributed by atoms with Crippen LogP contribution in [-0.4, -0.2) is 45.4 Å². The maximum atomic E-state index is 12.2. The molecule has 0 saturated carbocycles. The van der Waals surface area contributed by atoms with E-state index in [1.54, 1.807) is 19.2 Å². The number of anilines is 2. The van der Waals surface area contributed by atoms with Gasteiger partial charge in [0.25, 0.3) is 5.91 Å². The van der Waals surface area contributed by atoms with E-state index in [1.807, 2.05) is 6.07 Å².